The Morgan fingerprint density at radius 2 is 1.88 bits per heavy atom. The second-order valence-corrected chi connectivity index (χ2v) is 5.82. The van der Waals surface area contributed by atoms with Crippen molar-refractivity contribution in [1.82, 2.24) is 4.90 Å². The van der Waals surface area contributed by atoms with Gasteiger partial charge in [-0.1, -0.05) is 34.1 Å². The molecule has 1 amide bonds. The molecule has 0 radical (unpaired) electrons. The van der Waals surface area contributed by atoms with Crippen molar-refractivity contribution in [2.24, 2.45) is 11.1 Å². The number of carbonyl (C=O) groups excluding carboxylic acids is 1. The summed E-state index contributed by atoms with van der Waals surface area (Å²) < 4.78 is 0. The Balaban J connectivity index is 4.25. The van der Waals surface area contributed by atoms with Crippen LogP contribution in [0.2, 0.25) is 0 Å². The first-order valence-corrected chi connectivity index (χ1v) is 6.21. The van der Waals surface area contributed by atoms with E-state index in [9.17, 15) is 4.79 Å². The van der Waals surface area contributed by atoms with E-state index in [0.29, 0.717) is 12.5 Å². The number of amides is 1. The van der Waals surface area contributed by atoms with Crippen molar-refractivity contribution < 1.29 is 4.79 Å². The average molecular weight is 228 g/mol. The molecule has 0 bridgehead atoms. The maximum atomic E-state index is 12.0. The molecule has 0 fully saturated rings. The molecule has 0 aromatic heterocycles. The van der Waals surface area contributed by atoms with Crippen molar-refractivity contribution in [3.05, 3.63) is 0 Å². The Hall–Kier alpha value is -0.570. The molecule has 0 spiro atoms. The molecule has 0 saturated heterocycles. The third kappa shape index (κ3) is 4.97. The van der Waals surface area contributed by atoms with Crippen LogP contribution in [0.25, 0.3) is 0 Å². The smallest absolute Gasteiger partial charge is 0.224 e. The molecule has 0 aromatic carbocycles. The maximum absolute atomic E-state index is 12.0. The largest absolute Gasteiger partial charge is 0.343 e. The van der Waals surface area contributed by atoms with Gasteiger partial charge >= 0.3 is 0 Å². The van der Waals surface area contributed by atoms with Crippen molar-refractivity contribution >= 4 is 5.91 Å². The van der Waals surface area contributed by atoms with Crippen LogP contribution in [0.15, 0.2) is 0 Å². The molecule has 96 valence electrons. The number of hydrogen-bond donors (Lipinski definition) is 1. The van der Waals surface area contributed by atoms with E-state index in [-0.39, 0.29) is 17.4 Å². The second kappa shape index (κ2) is 6.24. The first-order chi connectivity index (χ1) is 7.20. The number of hydrogen-bond acceptors (Lipinski definition) is 2. The lowest BCUT2D eigenvalue weighted by atomic mass is 9.85. The van der Waals surface area contributed by atoms with Crippen molar-refractivity contribution in [3.8, 4) is 0 Å². The lowest BCUT2D eigenvalue weighted by Gasteiger charge is -2.30. The van der Waals surface area contributed by atoms with Gasteiger partial charge < -0.3 is 10.6 Å². The molecule has 3 nitrogen and oxygen atoms in total. The molecule has 2 N–H and O–H groups in total. The van der Waals surface area contributed by atoms with Crippen LogP contribution in [0.1, 0.15) is 53.9 Å². The fourth-order valence-electron chi connectivity index (χ4n) is 1.50. The molecule has 0 rings (SSSR count). The van der Waals surface area contributed by atoms with Crippen LogP contribution in [0, 0.1) is 5.41 Å². The van der Waals surface area contributed by atoms with Gasteiger partial charge in [0, 0.05) is 25.6 Å². The number of nitrogens with two attached hydrogens (primary N) is 1. The zero-order chi connectivity index (χ0) is 12.9. The van der Waals surface area contributed by atoms with Gasteiger partial charge in [-0.25, -0.2) is 0 Å². The van der Waals surface area contributed by atoms with Crippen molar-refractivity contribution in [2.75, 3.05) is 7.05 Å². The summed E-state index contributed by atoms with van der Waals surface area (Å²) in [6.07, 6.45) is 2.59. The topological polar surface area (TPSA) is 46.3 Å². The number of nitrogens with zero attached hydrogens (tertiary/aromatic N) is 1. The molecule has 0 aromatic rings. The monoisotopic (exact) mass is 228 g/mol. The van der Waals surface area contributed by atoms with Crippen LogP contribution >= 0.6 is 0 Å². The van der Waals surface area contributed by atoms with E-state index in [4.69, 9.17) is 5.73 Å². The zero-order valence-corrected chi connectivity index (χ0v) is 11.7. The van der Waals surface area contributed by atoms with Crippen LogP contribution in [0.3, 0.4) is 0 Å². The summed E-state index contributed by atoms with van der Waals surface area (Å²) >= 11 is 0. The number of rotatable bonds is 5. The predicted octanol–water partition coefficient (Wildman–Crippen LogP) is 2.40. The van der Waals surface area contributed by atoms with E-state index in [1.807, 2.05) is 11.9 Å². The van der Waals surface area contributed by atoms with Gasteiger partial charge in [0.25, 0.3) is 0 Å². The van der Waals surface area contributed by atoms with Crippen LogP contribution in [0.5, 0.6) is 0 Å². The average Bonchev–Trinajstić information content (AvgIpc) is 2.15. The summed E-state index contributed by atoms with van der Waals surface area (Å²) in [5.74, 6) is 0.156. The summed E-state index contributed by atoms with van der Waals surface area (Å²) in [7, 11) is 1.87. The Morgan fingerprint density at radius 3 is 2.25 bits per heavy atom. The minimum absolute atomic E-state index is 0.00943. The highest BCUT2D eigenvalue weighted by molar-refractivity contribution is 5.76. The first-order valence-electron chi connectivity index (χ1n) is 6.21. The van der Waals surface area contributed by atoms with E-state index in [2.05, 4.69) is 34.6 Å². The molecular weight excluding hydrogens is 200 g/mol. The molecule has 2 atom stereocenters. The molecule has 0 heterocycles. The van der Waals surface area contributed by atoms with Crippen molar-refractivity contribution in [3.63, 3.8) is 0 Å². The maximum Gasteiger partial charge on any atom is 0.224 e. The third-order valence-corrected chi connectivity index (χ3v) is 3.27. The highest BCUT2D eigenvalue weighted by Crippen LogP contribution is 2.20. The van der Waals surface area contributed by atoms with Gasteiger partial charge in [0.2, 0.25) is 5.91 Å². The van der Waals surface area contributed by atoms with Crippen molar-refractivity contribution in [1.29, 1.82) is 0 Å². The van der Waals surface area contributed by atoms with E-state index >= 15 is 0 Å². The molecule has 16 heavy (non-hydrogen) atoms. The van der Waals surface area contributed by atoms with Crippen LogP contribution in [-0.2, 0) is 4.79 Å². The SMILES string of the molecule is CCCC(C)N(C)C(=O)CC(N)C(C)(C)C. The minimum Gasteiger partial charge on any atom is -0.343 e. The number of carbonyl (C=O) groups is 1. The van der Waals surface area contributed by atoms with E-state index < -0.39 is 0 Å². The van der Waals surface area contributed by atoms with Gasteiger partial charge in [-0.2, -0.15) is 0 Å². The summed E-state index contributed by atoms with van der Waals surface area (Å²) in [6, 6.07) is 0.237. The Morgan fingerprint density at radius 1 is 1.38 bits per heavy atom. The van der Waals surface area contributed by atoms with E-state index in [1.54, 1.807) is 0 Å². The highest BCUT2D eigenvalue weighted by atomic mass is 16.2. The molecule has 0 aliphatic carbocycles. The highest BCUT2D eigenvalue weighted by Gasteiger charge is 2.25. The summed E-state index contributed by atoms with van der Waals surface area (Å²) in [5.41, 5.74) is 6.01. The van der Waals surface area contributed by atoms with Gasteiger partial charge in [0.1, 0.15) is 0 Å². The molecule has 0 aliphatic rings. The summed E-state index contributed by atoms with van der Waals surface area (Å²) in [5, 5.41) is 0. The van der Waals surface area contributed by atoms with E-state index in [1.165, 1.54) is 0 Å². The van der Waals surface area contributed by atoms with Gasteiger partial charge in [-0.15, -0.1) is 0 Å². The van der Waals surface area contributed by atoms with Crippen LogP contribution in [-0.4, -0.2) is 29.9 Å². The lowest BCUT2D eigenvalue weighted by Crippen LogP contribution is -2.43. The van der Waals surface area contributed by atoms with Crippen LogP contribution in [0.4, 0.5) is 0 Å². The Bertz CT molecular complexity index is 220. The summed E-state index contributed by atoms with van der Waals surface area (Å²) in [6.45, 7) is 10.4. The molecule has 0 aliphatic heterocycles. The molecule has 2 unspecified atom stereocenters. The first kappa shape index (κ1) is 15.4. The van der Waals surface area contributed by atoms with Gasteiger partial charge in [0.15, 0.2) is 0 Å². The second-order valence-electron chi connectivity index (χ2n) is 5.82. The standard InChI is InChI=1S/C13H28N2O/c1-7-8-10(2)15(6)12(16)9-11(14)13(3,4)5/h10-11H,7-9,14H2,1-6H3. The lowest BCUT2D eigenvalue weighted by molar-refractivity contribution is -0.132. The normalized spacial score (nSPS) is 15.7. The molecule has 0 saturated carbocycles. The minimum atomic E-state index is -0.0729. The molecule has 3 heteroatoms. The van der Waals surface area contributed by atoms with Crippen molar-refractivity contribution in [2.45, 2.75) is 66.0 Å². The van der Waals surface area contributed by atoms with Crippen LogP contribution < -0.4 is 5.73 Å². The summed E-state index contributed by atoms with van der Waals surface area (Å²) in [4.78, 5) is 13.8. The van der Waals surface area contributed by atoms with Gasteiger partial charge in [0.05, 0.1) is 0 Å². The quantitative estimate of drug-likeness (QED) is 0.785. The van der Waals surface area contributed by atoms with Gasteiger partial charge in [-0.3, -0.25) is 4.79 Å². The predicted molar refractivity (Wildman–Crippen MR) is 69.2 cm³/mol. The Labute approximate surface area is 100 Å². The zero-order valence-electron chi connectivity index (χ0n) is 11.7. The third-order valence-electron chi connectivity index (χ3n) is 3.27. The fourth-order valence-corrected chi connectivity index (χ4v) is 1.50. The Kier molecular flexibility index (Phi) is 6.01. The molecular formula is C13H28N2O. The van der Waals surface area contributed by atoms with Gasteiger partial charge in [-0.05, 0) is 18.8 Å². The van der Waals surface area contributed by atoms with E-state index in [0.717, 1.165) is 12.8 Å². The fraction of sp³-hybridized carbons (Fsp3) is 0.923.